The van der Waals surface area contributed by atoms with Crippen molar-refractivity contribution < 1.29 is 17.9 Å². The molecule has 1 unspecified atom stereocenters. The van der Waals surface area contributed by atoms with Crippen LogP contribution in [-0.2, 0) is 19.6 Å². The molecule has 100 valence electrons. The molecule has 1 aromatic carbocycles. The zero-order chi connectivity index (χ0) is 13.9. The van der Waals surface area contributed by atoms with E-state index in [9.17, 15) is 13.2 Å². The molecular formula is C11H14ClNO4S. The van der Waals surface area contributed by atoms with Crippen molar-refractivity contribution in [1.82, 2.24) is 0 Å². The van der Waals surface area contributed by atoms with Gasteiger partial charge in [-0.15, -0.1) is 0 Å². The Labute approximate surface area is 111 Å². The first kappa shape index (κ1) is 14.8. The molecule has 7 heteroatoms. The van der Waals surface area contributed by atoms with Gasteiger partial charge in [-0.1, -0.05) is 11.6 Å². The normalized spacial score (nSPS) is 12.9. The first-order chi connectivity index (χ1) is 8.27. The third kappa shape index (κ3) is 3.36. The van der Waals surface area contributed by atoms with E-state index in [2.05, 4.69) is 4.74 Å². The molecule has 18 heavy (non-hydrogen) atoms. The van der Waals surface area contributed by atoms with Gasteiger partial charge in [-0.05, 0) is 31.2 Å². The molecule has 1 atom stereocenters. The summed E-state index contributed by atoms with van der Waals surface area (Å²) in [6.45, 7) is 1.46. The van der Waals surface area contributed by atoms with E-state index < -0.39 is 22.0 Å². The van der Waals surface area contributed by atoms with Crippen molar-refractivity contribution in [2.24, 2.45) is 0 Å². The molecule has 5 nitrogen and oxygen atoms in total. The number of benzene rings is 1. The van der Waals surface area contributed by atoms with Gasteiger partial charge in [0.05, 0.1) is 19.1 Å². The summed E-state index contributed by atoms with van der Waals surface area (Å²) < 4.78 is 29.1. The van der Waals surface area contributed by atoms with E-state index in [4.69, 9.17) is 11.6 Å². The SMILES string of the molecule is COC(=O)C(C)N(c1ccc(Cl)cc1)S(C)(=O)=O. The summed E-state index contributed by atoms with van der Waals surface area (Å²) in [5.74, 6) is -0.629. The van der Waals surface area contributed by atoms with Crippen LogP contribution in [0.15, 0.2) is 24.3 Å². The summed E-state index contributed by atoms with van der Waals surface area (Å²) in [6, 6.07) is 5.23. The van der Waals surface area contributed by atoms with Crippen LogP contribution in [0.1, 0.15) is 6.92 Å². The second-order valence-corrected chi connectivity index (χ2v) is 6.03. The maximum Gasteiger partial charge on any atom is 0.329 e. The lowest BCUT2D eigenvalue weighted by Gasteiger charge is -2.27. The lowest BCUT2D eigenvalue weighted by molar-refractivity contribution is -0.141. The summed E-state index contributed by atoms with van der Waals surface area (Å²) >= 11 is 5.74. The summed E-state index contributed by atoms with van der Waals surface area (Å²) in [5.41, 5.74) is 0.361. The van der Waals surface area contributed by atoms with Crippen molar-refractivity contribution in [3.63, 3.8) is 0 Å². The molecule has 0 amide bonds. The fourth-order valence-electron chi connectivity index (χ4n) is 1.56. The van der Waals surface area contributed by atoms with Gasteiger partial charge < -0.3 is 4.74 Å². The van der Waals surface area contributed by atoms with Crippen molar-refractivity contribution >= 4 is 33.3 Å². The zero-order valence-corrected chi connectivity index (χ0v) is 11.8. The Morgan fingerprint density at radius 1 is 1.33 bits per heavy atom. The van der Waals surface area contributed by atoms with Gasteiger partial charge in [-0.2, -0.15) is 0 Å². The number of carbonyl (C=O) groups is 1. The van der Waals surface area contributed by atoms with Gasteiger partial charge in [0.25, 0.3) is 0 Å². The van der Waals surface area contributed by atoms with Gasteiger partial charge in [-0.25, -0.2) is 13.2 Å². The van der Waals surface area contributed by atoms with Crippen LogP contribution in [0.25, 0.3) is 0 Å². The Kier molecular flexibility index (Phi) is 4.59. The van der Waals surface area contributed by atoms with Gasteiger partial charge in [0.15, 0.2) is 0 Å². The molecule has 0 bridgehead atoms. The molecule has 0 aliphatic rings. The summed E-state index contributed by atoms with van der Waals surface area (Å²) in [6.07, 6.45) is 1.03. The topological polar surface area (TPSA) is 63.7 Å². The second-order valence-electron chi connectivity index (χ2n) is 3.73. The number of esters is 1. The van der Waals surface area contributed by atoms with Gasteiger partial charge >= 0.3 is 5.97 Å². The molecule has 0 fully saturated rings. The number of anilines is 1. The molecular weight excluding hydrogens is 278 g/mol. The van der Waals surface area contributed by atoms with Crippen LogP contribution in [0.2, 0.25) is 5.02 Å². The zero-order valence-electron chi connectivity index (χ0n) is 10.3. The third-order valence-corrected chi connectivity index (χ3v) is 3.83. The van der Waals surface area contributed by atoms with Crippen LogP contribution in [0.3, 0.4) is 0 Å². The molecule has 0 saturated heterocycles. The molecule has 0 aliphatic heterocycles. The standard InChI is InChI=1S/C11H14ClNO4S/c1-8(11(14)17-2)13(18(3,15)16)10-6-4-9(12)5-7-10/h4-8H,1-3H3. The summed E-state index contributed by atoms with van der Waals surface area (Å²) in [5, 5.41) is 0.484. The highest BCUT2D eigenvalue weighted by molar-refractivity contribution is 7.92. The molecule has 1 aromatic rings. The molecule has 0 radical (unpaired) electrons. The average Bonchev–Trinajstić information content (AvgIpc) is 2.29. The van der Waals surface area contributed by atoms with Crippen molar-refractivity contribution in [2.45, 2.75) is 13.0 Å². The molecule has 1 rings (SSSR count). The number of hydrogen-bond donors (Lipinski definition) is 0. The van der Waals surface area contributed by atoms with Crippen LogP contribution in [0, 0.1) is 0 Å². The number of rotatable bonds is 4. The largest absolute Gasteiger partial charge is 0.467 e. The number of ether oxygens (including phenoxy) is 1. The minimum Gasteiger partial charge on any atom is -0.467 e. The highest BCUT2D eigenvalue weighted by Crippen LogP contribution is 2.23. The lowest BCUT2D eigenvalue weighted by Crippen LogP contribution is -2.43. The molecule has 0 aliphatic carbocycles. The molecule has 0 saturated carbocycles. The van der Waals surface area contributed by atoms with Crippen LogP contribution in [-0.4, -0.2) is 33.8 Å². The van der Waals surface area contributed by atoms with E-state index in [1.165, 1.54) is 26.2 Å². The minimum absolute atomic E-state index is 0.361. The van der Waals surface area contributed by atoms with Crippen LogP contribution in [0.4, 0.5) is 5.69 Å². The fourth-order valence-corrected chi connectivity index (χ4v) is 2.85. The first-order valence-electron chi connectivity index (χ1n) is 5.10. The highest BCUT2D eigenvalue weighted by atomic mass is 35.5. The number of sulfonamides is 1. The summed E-state index contributed by atoms with van der Waals surface area (Å²) in [7, 11) is -2.39. The van der Waals surface area contributed by atoms with Crippen molar-refractivity contribution in [3.8, 4) is 0 Å². The van der Waals surface area contributed by atoms with Gasteiger partial charge in [0, 0.05) is 5.02 Å². The Balaban J connectivity index is 3.23. The Hall–Kier alpha value is -1.27. The number of halogens is 1. The average molecular weight is 292 g/mol. The Bertz CT molecular complexity index is 526. The van der Waals surface area contributed by atoms with Gasteiger partial charge in [-0.3, -0.25) is 4.31 Å². The number of nitrogens with zero attached hydrogens (tertiary/aromatic N) is 1. The van der Waals surface area contributed by atoms with E-state index in [-0.39, 0.29) is 0 Å². The minimum atomic E-state index is -3.60. The van der Waals surface area contributed by atoms with E-state index in [1.807, 2.05) is 0 Å². The monoisotopic (exact) mass is 291 g/mol. The number of methoxy groups -OCH3 is 1. The number of hydrogen-bond acceptors (Lipinski definition) is 4. The van der Waals surface area contributed by atoms with E-state index in [0.29, 0.717) is 10.7 Å². The van der Waals surface area contributed by atoms with Crippen molar-refractivity contribution in [2.75, 3.05) is 17.7 Å². The van der Waals surface area contributed by atoms with Crippen molar-refractivity contribution in [1.29, 1.82) is 0 Å². The van der Waals surface area contributed by atoms with Crippen LogP contribution in [0.5, 0.6) is 0 Å². The molecule has 0 spiro atoms. The predicted molar refractivity (Wildman–Crippen MR) is 70.3 cm³/mol. The van der Waals surface area contributed by atoms with Crippen LogP contribution < -0.4 is 4.31 Å². The smallest absolute Gasteiger partial charge is 0.329 e. The van der Waals surface area contributed by atoms with Crippen molar-refractivity contribution in [3.05, 3.63) is 29.3 Å². The molecule has 0 N–H and O–H groups in total. The Morgan fingerprint density at radius 3 is 2.22 bits per heavy atom. The maximum atomic E-state index is 11.8. The lowest BCUT2D eigenvalue weighted by atomic mass is 10.2. The molecule has 0 heterocycles. The van der Waals surface area contributed by atoms with Gasteiger partial charge in [0.2, 0.25) is 10.0 Å². The first-order valence-corrected chi connectivity index (χ1v) is 7.33. The van der Waals surface area contributed by atoms with E-state index in [0.717, 1.165) is 10.6 Å². The maximum absolute atomic E-state index is 11.8. The highest BCUT2D eigenvalue weighted by Gasteiger charge is 2.29. The summed E-state index contributed by atoms with van der Waals surface area (Å²) in [4.78, 5) is 11.5. The Morgan fingerprint density at radius 2 is 1.83 bits per heavy atom. The number of carbonyl (C=O) groups excluding carboxylic acids is 1. The van der Waals surface area contributed by atoms with Crippen LogP contribution >= 0.6 is 11.6 Å². The quantitative estimate of drug-likeness (QED) is 0.792. The predicted octanol–water partition coefficient (Wildman–Crippen LogP) is 1.67. The van der Waals surface area contributed by atoms with Gasteiger partial charge in [0.1, 0.15) is 6.04 Å². The molecule has 0 aromatic heterocycles. The third-order valence-electron chi connectivity index (χ3n) is 2.33. The second kappa shape index (κ2) is 5.58. The fraction of sp³-hybridized carbons (Fsp3) is 0.364. The van der Waals surface area contributed by atoms with E-state index in [1.54, 1.807) is 12.1 Å². The van der Waals surface area contributed by atoms with E-state index >= 15 is 0 Å².